The van der Waals surface area contributed by atoms with Crippen molar-refractivity contribution in [3.8, 4) is 11.4 Å². The Kier molecular flexibility index (Phi) is 5.31. The van der Waals surface area contributed by atoms with E-state index in [0.717, 1.165) is 56.9 Å². The number of aromatic nitrogens is 4. The van der Waals surface area contributed by atoms with Gasteiger partial charge in [0, 0.05) is 28.9 Å². The number of nitrogens with one attached hydrogen (secondary N) is 1. The molecule has 0 bridgehead atoms. The van der Waals surface area contributed by atoms with Gasteiger partial charge in [-0.3, -0.25) is 4.57 Å². The summed E-state index contributed by atoms with van der Waals surface area (Å²) < 4.78 is 7.42. The van der Waals surface area contributed by atoms with Crippen molar-refractivity contribution >= 4 is 33.3 Å². The minimum absolute atomic E-state index is 0.726. The number of rotatable bonds is 6. The number of hydrogen-bond acceptors (Lipinski definition) is 5. The van der Waals surface area contributed by atoms with Crippen LogP contribution in [-0.2, 0) is 6.42 Å². The second-order valence-electron chi connectivity index (χ2n) is 8.35. The maximum atomic E-state index is 5.37. The molecule has 0 aliphatic rings. The molecule has 6 rings (SSSR count). The van der Waals surface area contributed by atoms with Gasteiger partial charge in [0.2, 0.25) is 0 Å². The van der Waals surface area contributed by atoms with E-state index in [1.807, 2.05) is 73.1 Å². The number of anilines is 2. The second kappa shape index (κ2) is 8.91. The Morgan fingerprint density at radius 3 is 2.49 bits per heavy atom. The zero-order valence-corrected chi connectivity index (χ0v) is 19.2. The van der Waals surface area contributed by atoms with Crippen molar-refractivity contribution in [2.75, 3.05) is 12.4 Å². The van der Waals surface area contributed by atoms with Gasteiger partial charge in [-0.1, -0.05) is 60.7 Å². The first-order valence-corrected chi connectivity index (χ1v) is 11.5. The lowest BCUT2D eigenvalue weighted by atomic mass is 10.0. The molecule has 0 amide bonds. The summed E-state index contributed by atoms with van der Waals surface area (Å²) in [5.74, 6) is 1.53. The molecule has 0 radical (unpaired) electrons. The Hall–Kier alpha value is -4.71. The van der Waals surface area contributed by atoms with Crippen molar-refractivity contribution in [2.24, 2.45) is 0 Å². The van der Waals surface area contributed by atoms with Crippen LogP contribution in [0.1, 0.15) is 11.3 Å². The summed E-state index contributed by atoms with van der Waals surface area (Å²) in [7, 11) is 1.67. The third-order valence-corrected chi connectivity index (χ3v) is 6.12. The molecule has 2 aromatic heterocycles. The first kappa shape index (κ1) is 20.9. The van der Waals surface area contributed by atoms with Crippen molar-refractivity contribution in [1.82, 2.24) is 19.7 Å². The van der Waals surface area contributed by atoms with Crippen molar-refractivity contribution in [3.63, 3.8) is 0 Å². The topological polar surface area (TPSA) is 64.9 Å². The molecule has 0 aliphatic heterocycles. The van der Waals surface area contributed by atoms with E-state index in [-0.39, 0.29) is 0 Å². The van der Waals surface area contributed by atoms with Gasteiger partial charge in [0.15, 0.2) is 5.82 Å². The molecule has 0 saturated heterocycles. The molecule has 170 valence electrons. The van der Waals surface area contributed by atoms with Gasteiger partial charge in [0.05, 0.1) is 29.5 Å². The predicted octanol–water partition coefficient (Wildman–Crippen LogP) is 6.31. The lowest BCUT2D eigenvalue weighted by molar-refractivity contribution is 0.414. The highest BCUT2D eigenvalue weighted by Crippen LogP contribution is 2.29. The number of fused-ring (bicyclic) bond motifs is 2. The van der Waals surface area contributed by atoms with Gasteiger partial charge in [0.1, 0.15) is 12.1 Å². The van der Waals surface area contributed by atoms with E-state index in [4.69, 9.17) is 4.74 Å². The van der Waals surface area contributed by atoms with Crippen LogP contribution in [0.3, 0.4) is 0 Å². The summed E-state index contributed by atoms with van der Waals surface area (Å²) >= 11 is 0. The van der Waals surface area contributed by atoms with E-state index >= 15 is 0 Å². The van der Waals surface area contributed by atoms with Crippen molar-refractivity contribution < 1.29 is 4.74 Å². The molecule has 0 spiro atoms. The Morgan fingerprint density at radius 2 is 1.63 bits per heavy atom. The minimum atomic E-state index is 0.726. The Balaban J connectivity index is 1.33. The summed E-state index contributed by atoms with van der Waals surface area (Å²) in [4.78, 5) is 4.62. The van der Waals surface area contributed by atoms with Crippen LogP contribution >= 0.6 is 0 Å². The average molecular weight is 458 g/mol. The Morgan fingerprint density at radius 1 is 0.800 bits per heavy atom. The molecule has 2 heterocycles. The lowest BCUT2D eigenvalue weighted by Crippen LogP contribution is -2.02. The zero-order chi connectivity index (χ0) is 23.6. The van der Waals surface area contributed by atoms with E-state index < -0.39 is 0 Å². The van der Waals surface area contributed by atoms with Crippen LogP contribution in [0, 0.1) is 0 Å². The Labute approximate surface area is 202 Å². The van der Waals surface area contributed by atoms with Crippen LogP contribution in [-0.4, -0.2) is 26.9 Å². The predicted molar refractivity (Wildman–Crippen MR) is 140 cm³/mol. The fraction of sp³-hybridized carbons (Fsp3) is 0.0690. The minimum Gasteiger partial charge on any atom is -0.497 e. The SMILES string of the molecule is COc1cccc(-n2cnc3cc(Nc4nnc(Cc5ccccc5)c5ccccc45)ccc32)c1. The van der Waals surface area contributed by atoms with E-state index in [0.29, 0.717) is 0 Å². The summed E-state index contributed by atoms with van der Waals surface area (Å²) in [6.07, 6.45) is 2.57. The molecular weight excluding hydrogens is 434 g/mol. The summed E-state index contributed by atoms with van der Waals surface area (Å²) in [6.45, 7) is 0. The zero-order valence-electron chi connectivity index (χ0n) is 19.2. The maximum Gasteiger partial charge on any atom is 0.160 e. The summed E-state index contributed by atoms with van der Waals surface area (Å²) in [6, 6.07) is 32.7. The van der Waals surface area contributed by atoms with Gasteiger partial charge in [-0.15, -0.1) is 5.10 Å². The lowest BCUT2D eigenvalue weighted by Gasteiger charge is -2.12. The van der Waals surface area contributed by atoms with Crippen LogP contribution < -0.4 is 10.1 Å². The van der Waals surface area contributed by atoms with Gasteiger partial charge in [-0.25, -0.2) is 4.98 Å². The van der Waals surface area contributed by atoms with Gasteiger partial charge in [-0.05, 0) is 35.9 Å². The highest BCUT2D eigenvalue weighted by atomic mass is 16.5. The number of nitrogens with zero attached hydrogens (tertiary/aromatic N) is 4. The summed E-state index contributed by atoms with van der Waals surface area (Å²) in [5, 5.41) is 14.7. The van der Waals surface area contributed by atoms with Crippen LogP contribution in [0.25, 0.3) is 27.5 Å². The molecular formula is C29H23N5O. The van der Waals surface area contributed by atoms with Crippen LogP contribution in [0.2, 0.25) is 0 Å². The van der Waals surface area contributed by atoms with Crippen molar-refractivity contribution in [2.45, 2.75) is 6.42 Å². The third-order valence-electron chi connectivity index (χ3n) is 6.12. The summed E-state index contributed by atoms with van der Waals surface area (Å²) in [5.41, 5.74) is 5.98. The molecule has 35 heavy (non-hydrogen) atoms. The molecule has 0 saturated carbocycles. The first-order chi connectivity index (χ1) is 17.3. The first-order valence-electron chi connectivity index (χ1n) is 11.5. The molecule has 4 aromatic carbocycles. The van der Waals surface area contributed by atoms with Crippen LogP contribution in [0.5, 0.6) is 5.75 Å². The quantitative estimate of drug-likeness (QED) is 0.317. The highest BCUT2D eigenvalue weighted by Gasteiger charge is 2.12. The van der Waals surface area contributed by atoms with Gasteiger partial charge in [-0.2, -0.15) is 5.10 Å². The highest BCUT2D eigenvalue weighted by molar-refractivity contribution is 5.95. The van der Waals surface area contributed by atoms with E-state index in [1.165, 1.54) is 5.56 Å². The van der Waals surface area contributed by atoms with Gasteiger partial charge < -0.3 is 10.1 Å². The Bertz CT molecular complexity index is 1640. The molecule has 0 unspecified atom stereocenters. The standard InChI is InChI=1S/C29H23N5O/c1-35-23-11-7-10-22(18-23)34-19-30-27-17-21(14-15-28(27)34)31-29-25-13-6-5-12-24(25)26(32-33-29)16-20-8-3-2-4-9-20/h2-15,17-19H,16H2,1H3,(H,31,33). The van der Waals surface area contributed by atoms with E-state index in [2.05, 4.69) is 55.4 Å². The van der Waals surface area contributed by atoms with Crippen LogP contribution in [0.4, 0.5) is 11.5 Å². The van der Waals surface area contributed by atoms with Gasteiger partial charge >= 0.3 is 0 Å². The number of hydrogen-bond donors (Lipinski definition) is 1. The monoisotopic (exact) mass is 457 g/mol. The van der Waals surface area contributed by atoms with Crippen molar-refractivity contribution in [1.29, 1.82) is 0 Å². The maximum absolute atomic E-state index is 5.37. The average Bonchev–Trinajstić information content (AvgIpc) is 3.34. The van der Waals surface area contributed by atoms with Crippen LogP contribution in [0.15, 0.2) is 103 Å². The molecule has 6 aromatic rings. The van der Waals surface area contributed by atoms with E-state index in [9.17, 15) is 0 Å². The number of methoxy groups -OCH3 is 1. The number of benzene rings is 4. The molecule has 6 nitrogen and oxygen atoms in total. The fourth-order valence-corrected chi connectivity index (χ4v) is 4.36. The molecule has 0 atom stereocenters. The van der Waals surface area contributed by atoms with Gasteiger partial charge in [0.25, 0.3) is 0 Å². The fourth-order valence-electron chi connectivity index (χ4n) is 4.36. The second-order valence-corrected chi connectivity index (χ2v) is 8.35. The van der Waals surface area contributed by atoms with Crippen molar-refractivity contribution in [3.05, 3.63) is 115 Å². The molecule has 6 heteroatoms. The smallest absolute Gasteiger partial charge is 0.160 e. The molecule has 1 N–H and O–H groups in total. The van der Waals surface area contributed by atoms with E-state index in [1.54, 1.807) is 7.11 Å². The number of ether oxygens (including phenoxy) is 1. The number of imidazole rings is 1. The molecule has 0 fully saturated rings. The molecule has 0 aliphatic carbocycles. The third kappa shape index (κ3) is 4.06. The largest absolute Gasteiger partial charge is 0.497 e. The normalized spacial score (nSPS) is 11.1.